The molecule has 27 heavy (non-hydrogen) atoms. The predicted octanol–water partition coefficient (Wildman–Crippen LogP) is 1.66. The summed E-state index contributed by atoms with van der Waals surface area (Å²) < 4.78 is 26.3. The molecular weight excluding hydrogens is 358 g/mol. The summed E-state index contributed by atoms with van der Waals surface area (Å²) in [6.07, 6.45) is 1.37. The molecule has 2 rings (SSSR count). The zero-order valence-corrected chi connectivity index (χ0v) is 15.0. The van der Waals surface area contributed by atoms with Crippen LogP contribution in [0.15, 0.2) is 33.8 Å². The van der Waals surface area contributed by atoms with Crippen molar-refractivity contribution in [1.29, 1.82) is 0 Å². The van der Waals surface area contributed by atoms with Crippen LogP contribution in [-0.4, -0.2) is 39.5 Å². The van der Waals surface area contributed by atoms with E-state index in [1.165, 1.54) is 33.6 Å². The lowest BCUT2D eigenvalue weighted by molar-refractivity contribution is 0.0560. The third-order valence-electron chi connectivity index (χ3n) is 3.28. The monoisotopic (exact) mass is 377 g/mol. The van der Waals surface area contributed by atoms with Gasteiger partial charge in [0.25, 0.3) is 0 Å². The molecule has 0 fully saturated rings. The molecule has 0 aliphatic heterocycles. The molecular formula is C17H19N3O7. The quantitative estimate of drug-likeness (QED) is 0.406. The van der Waals surface area contributed by atoms with E-state index in [1.54, 1.807) is 18.2 Å². The van der Waals surface area contributed by atoms with Crippen LogP contribution in [0.5, 0.6) is 17.2 Å². The van der Waals surface area contributed by atoms with Gasteiger partial charge in [0.1, 0.15) is 12.4 Å². The minimum Gasteiger partial charge on any atom is -0.493 e. The summed E-state index contributed by atoms with van der Waals surface area (Å²) in [5.41, 5.74) is 7.62. The predicted molar refractivity (Wildman–Crippen MR) is 94.2 cm³/mol. The number of esters is 1. The number of rotatable bonds is 8. The van der Waals surface area contributed by atoms with E-state index in [-0.39, 0.29) is 12.4 Å². The highest BCUT2D eigenvalue weighted by molar-refractivity contribution is 5.86. The topological polar surface area (TPSA) is 135 Å². The first-order chi connectivity index (χ1) is 13.0. The molecule has 1 heterocycles. The molecule has 0 atom stereocenters. The van der Waals surface area contributed by atoms with Crippen LogP contribution < -0.4 is 25.4 Å². The van der Waals surface area contributed by atoms with Gasteiger partial charge in [-0.15, -0.1) is 0 Å². The van der Waals surface area contributed by atoms with Crippen LogP contribution in [0.1, 0.15) is 21.9 Å². The highest BCUT2D eigenvalue weighted by Gasteiger charge is 2.16. The fourth-order valence-corrected chi connectivity index (χ4v) is 2.10. The number of amides is 2. The Balaban J connectivity index is 2.19. The zero-order valence-electron chi connectivity index (χ0n) is 15.0. The maximum atomic E-state index is 11.4. The van der Waals surface area contributed by atoms with Crippen LogP contribution in [0.25, 0.3) is 0 Å². The number of furan rings is 1. The van der Waals surface area contributed by atoms with Crippen molar-refractivity contribution >= 4 is 18.2 Å². The number of methoxy groups -OCH3 is 3. The molecule has 0 saturated heterocycles. The molecule has 1 aromatic heterocycles. The van der Waals surface area contributed by atoms with Crippen molar-refractivity contribution in [2.75, 3.05) is 21.3 Å². The maximum absolute atomic E-state index is 11.4. The van der Waals surface area contributed by atoms with Crippen LogP contribution >= 0.6 is 0 Å². The Kier molecular flexibility index (Phi) is 6.64. The number of nitrogens with two attached hydrogens (primary N) is 1. The van der Waals surface area contributed by atoms with Crippen molar-refractivity contribution in [2.24, 2.45) is 10.8 Å². The van der Waals surface area contributed by atoms with Crippen LogP contribution in [-0.2, 0) is 11.3 Å². The van der Waals surface area contributed by atoms with Crippen molar-refractivity contribution in [1.82, 2.24) is 5.43 Å². The average molecular weight is 377 g/mol. The van der Waals surface area contributed by atoms with E-state index in [2.05, 4.69) is 15.3 Å². The molecule has 0 aliphatic carbocycles. The number of carbonyl (C=O) groups is 2. The second-order valence-corrected chi connectivity index (χ2v) is 5.04. The van der Waals surface area contributed by atoms with Gasteiger partial charge in [-0.1, -0.05) is 0 Å². The molecule has 0 spiro atoms. The van der Waals surface area contributed by atoms with E-state index < -0.39 is 12.0 Å². The molecule has 0 radical (unpaired) electrons. The van der Waals surface area contributed by atoms with Crippen molar-refractivity contribution in [3.63, 3.8) is 0 Å². The number of hydrogen-bond acceptors (Lipinski definition) is 8. The Bertz CT molecular complexity index is 820. The lowest BCUT2D eigenvalue weighted by Gasteiger charge is -2.14. The molecule has 144 valence electrons. The van der Waals surface area contributed by atoms with E-state index >= 15 is 0 Å². The van der Waals surface area contributed by atoms with Crippen LogP contribution in [0, 0.1) is 0 Å². The van der Waals surface area contributed by atoms with Gasteiger partial charge in [-0.05, 0) is 24.3 Å². The third-order valence-corrected chi connectivity index (χ3v) is 3.28. The van der Waals surface area contributed by atoms with E-state index in [9.17, 15) is 9.59 Å². The molecule has 3 N–H and O–H groups in total. The van der Waals surface area contributed by atoms with Crippen molar-refractivity contribution in [2.45, 2.75) is 6.61 Å². The first-order valence-electron chi connectivity index (χ1n) is 7.62. The molecule has 0 unspecified atom stereocenters. The lowest BCUT2D eigenvalue weighted by atomic mass is 10.2. The van der Waals surface area contributed by atoms with Crippen LogP contribution in [0.2, 0.25) is 0 Å². The minimum atomic E-state index is -0.782. The number of urea groups is 1. The Morgan fingerprint density at radius 1 is 1.19 bits per heavy atom. The molecule has 0 bridgehead atoms. The Morgan fingerprint density at radius 3 is 2.41 bits per heavy atom. The van der Waals surface area contributed by atoms with Gasteiger partial charge in [0.15, 0.2) is 11.5 Å². The van der Waals surface area contributed by atoms with E-state index in [0.717, 1.165) is 0 Å². The van der Waals surface area contributed by atoms with Crippen LogP contribution in [0.4, 0.5) is 4.79 Å². The Morgan fingerprint density at radius 2 is 1.85 bits per heavy atom. The fraction of sp³-hybridized carbons (Fsp3) is 0.235. The number of carbonyl (C=O) groups excluding carboxylic acids is 2. The van der Waals surface area contributed by atoms with Gasteiger partial charge in [0, 0.05) is 5.56 Å². The first-order valence-corrected chi connectivity index (χ1v) is 7.62. The highest BCUT2D eigenvalue weighted by atomic mass is 16.5. The average Bonchev–Trinajstić information content (AvgIpc) is 3.14. The Hall–Kier alpha value is -3.69. The summed E-state index contributed by atoms with van der Waals surface area (Å²) in [6, 6.07) is 5.57. The standard InChI is InChI=1S/C17H19N3O7/c1-23-13-6-10(8-19-20-17(18)22)7-14(24-2)15(13)26-9-11-4-5-12(27-11)16(21)25-3/h4-8H,9H2,1-3H3,(H3,18,20,22). The van der Waals surface area contributed by atoms with Gasteiger partial charge in [-0.3, -0.25) is 0 Å². The van der Waals surface area contributed by atoms with Crippen LogP contribution in [0.3, 0.4) is 0 Å². The number of nitrogens with zero attached hydrogens (tertiary/aromatic N) is 1. The van der Waals surface area contributed by atoms with Crippen molar-refractivity contribution in [3.8, 4) is 17.2 Å². The number of nitrogens with one attached hydrogen (secondary N) is 1. The highest BCUT2D eigenvalue weighted by Crippen LogP contribution is 2.38. The van der Waals surface area contributed by atoms with Gasteiger partial charge < -0.3 is 29.1 Å². The van der Waals surface area contributed by atoms with E-state index in [1.807, 2.05) is 0 Å². The smallest absolute Gasteiger partial charge is 0.373 e. The summed E-state index contributed by atoms with van der Waals surface area (Å²) in [5.74, 6) is 0.976. The van der Waals surface area contributed by atoms with E-state index in [0.29, 0.717) is 28.6 Å². The normalized spacial score (nSPS) is 10.5. The number of hydrazone groups is 1. The molecule has 10 heteroatoms. The summed E-state index contributed by atoms with van der Waals surface area (Å²) in [4.78, 5) is 22.1. The minimum absolute atomic E-state index is 0.0282. The largest absolute Gasteiger partial charge is 0.493 e. The lowest BCUT2D eigenvalue weighted by Crippen LogP contribution is -2.24. The van der Waals surface area contributed by atoms with Gasteiger partial charge in [0.2, 0.25) is 11.5 Å². The molecule has 2 aromatic rings. The molecule has 2 amide bonds. The van der Waals surface area contributed by atoms with Gasteiger partial charge in [-0.25, -0.2) is 15.0 Å². The first kappa shape index (κ1) is 19.6. The zero-order chi connectivity index (χ0) is 19.8. The fourth-order valence-electron chi connectivity index (χ4n) is 2.10. The number of benzene rings is 1. The number of hydrogen-bond donors (Lipinski definition) is 2. The van der Waals surface area contributed by atoms with Gasteiger partial charge in [0.05, 0.1) is 27.5 Å². The van der Waals surface area contributed by atoms with Crippen molar-refractivity contribution < 1.29 is 33.0 Å². The second kappa shape index (κ2) is 9.13. The maximum Gasteiger partial charge on any atom is 0.373 e. The van der Waals surface area contributed by atoms with Gasteiger partial charge >= 0.3 is 12.0 Å². The number of primary amides is 1. The molecule has 0 aliphatic rings. The number of ether oxygens (including phenoxy) is 4. The second-order valence-electron chi connectivity index (χ2n) is 5.04. The summed E-state index contributed by atoms with van der Waals surface area (Å²) >= 11 is 0. The SMILES string of the molecule is COC(=O)c1ccc(COc2c(OC)cc(C=NNC(N)=O)cc2OC)o1. The van der Waals surface area contributed by atoms with E-state index in [4.69, 9.17) is 24.4 Å². The molecule has 0 saturated carbocycles. The third kappa shape index (κ3) is 5.14. The summed E-state index contributed by atoms with van der Waals surface area (Å²) in [6.45, 7) is 0.0282. The summed E-state index contributed by atoms with van der Waals surface area (Å²) in [7, 11) is 4.19. The van der Waals surface area contributed by atoms with Gasteiger partial charge in [-0.2, -0.15) is 5.10 Å². The Labute approximate surface area is 154 Å². The summed E-state index contributed by atoms with van der Waals surface area (Å²) in [5, 5.41) is 3.68. The molecule has 1 aromatic carbocycles. The molecule has 10 nitrogen and oxygen atoms in total. The van der Waals surface area contributed by atoms with Crippen molar-refractivity contribution in [3.05, 3.63) is 41.3 Å².